The molecule has 0 spiro atoms. The molecule has 5 nitrogen and oxygen atoms in total. The summed E-state index contributed by atoms with van der Waals surface area (Å²) in [6.07, 6.45) is -4.24. The fourth-order valence-electron chi connectivity index (χ4n) is 1.69. The van der Waals surface area contributed by atoms with Crippen molar-refractivity contribution in [3.05, 3.63) is 11.7 Å². The third kappa shape index (κ3) is 3.52. The van der Waals surface area contributed by atoms with Crippen LogP contribution in [0.15, 0.2) is 4.52 Å². The van der Waals surface area contributed by atoms with Crippen molar-refractivity contribution in [2.24, 2.45) is 5.92 Å². The normalized spacial score (nSPS) is 17.5. The van der Waals surface area contributed by atoms with Crippen molar-refractivity contribution in [2.75, 3.05) is 6.61 Å². The van der Waals surface area contributed by atoms with Gasteiger partial charge in [-0.15, -0.1) is 0 Å². The van der Waals surface area contributed by atoms with Gasteiger partial charge >= 0.3 is 6.18 Å². The van der Waals surface area contributed by atoms with E-state index < -0.39 is 18.4 Å². The van der Waals surface area contributed by atoms with Gasteiger partial charge < -0.3 is 9.26 Å². The smallest absolute Gasteiger partial charge is 0.370 e. The lowest BCUT2D eigenvalue weighted by molar-refractivity contribution is -0.170. The minimum atomic E-state index is -4.88. The minimum Gasteiger partial charge on any atom is -0.370 e. The summed E-state index contributed by atoms with van der Waals surface area (Å²) in [5, 5.41) is 3.60. The van der Waals surface area contributed by atoms with E-state index in [2.05, 4.69) is 14.7 Å². The van der Waals surface area contributed by atoms with Crippen molar-refractivity contribution in [1.29, 1.82) is 0 Å². The molecule has 1 fully saturated rings. The molecule has 0 saturated heterocycles. The number of hydrogen-bond donors (Lipinski definition) is 0. The summed E-state index contributed by atoms with van der Waals surface area (Å²) in [4.78, 5) is 14.6. The average molecular weight is 278 g/mol. The van der Waals surface area contributed by atoms with Crippen LogP contribution in [0, 0.1) is 5.92 Å². The Kier molecular flexibility index (Phi) is 3.88. The van der Waals surface area contributed by atoms with Crippen LogP contribution in [0.4, 0.5) is 13.2 Å². The molecule has 1 atom stereocenters. The van der Waals surface area contributed by atoms with Crippen LogP contribution in [0.2, 0.25) is 0 Å². The van der Waals surface area contributed by atoms with E-state index in [1.165, 1.54) is 0 Å². The average Bonchev–Trinajstić information content (AvgIpc) is 3.05. The molecule has 106 valence electrons. The van der Waals surface area contributed by atoms with Crippen LogP contribution in [0.1, 0.15) is 37.6 Å². The molecule has 8 heteroatoms. The predicted molar refractivity (Wildman–Crippen MR) is 56.2 cm³/mol. The molecular formula is C11H13F3N2O3. The van der Waals surface area contributed by atoms with E-state index in [0.717, 1.165) is 12.8 Å². The van der Waals surface area contributed by atoms with Crippen molar-refractivity contribution in [3.8, 4) is 0 Å². The lowest BCUT2D eigenvalue weighted by atomic mass is 10.2. The monoisotopic (exact) mass is 278 g/mol. The number of nitrogens with zero attached hydrogens (tertiary/aromatic N) is 2. The number of alkyl halides is 3. The first-order valence-electron chi connectivity index (χ1n) is 5.96. The first-order chi connectivity index (χ1) is 8.91. The molecule has 1 saturated carbocycles. The van der Waals surface area contributed by atoms with Crippen molar-refractivity contribution in [3.63, 3.8) is 0 Å². The number of halogens is 3. The largest absolute Gasteiger partial charge is 0.450 e. The van der Waals surface area contributed by atoms with Crippen LogP contribution >= 0.6 is 0 Å². The Bertz CT molecular complexity index is 454. The molecule has 19 heavy (non-hydrogen) atoms. The first kappa shape index (κ1) is 14.0. The summed E-state index contributed by atoms with van der Waals surface area (Å²) in [6, 6.07) is 0. The number of ketones is 1. The second kappa shape index (κ2) is 5.28. The summed E-state index contributed by atoms with van der Waals surface area (Å²) in [5.74, 6) is -1.73. The first-order valence-corrected chi connectivity index (χ1v) is 5.96. The van der Waals surface area contributed by atoms with E-state index >= 15 is 0 Å². The molecule has 0 aliphatic heterocycles. The van der Waals surface area contributed by atoms with Gasteiger partial charge in [-0.05, 0) is 25.7 Å². The number of hydrogen-bond acceptors (Lipinski definition) is 5. The van der Waals surface area contributed by atoms with Gasteiger partial charge in [0, 0.05) is 6.61 Å². The molecule has 0 amide bonds. The van der Waals surface area contributed by atoms with Gasteiger partial charge in [-0.1, -0.05) is 5.16 Å². The molecule has 1 heterocycles. The number of aromatic nitrogens is 2. The van der Waals surface area contributed by atoms with Crippen LogP contribution in [-0.4, -0.2) is 28.7 Å². The molecule has 0 radical (unpaired) electrons. The summed E-state index contributed by atoms with van der Waals surface area (Å²) in [5.41, 5.74) is 0. The summed E-state index contributed by atoms with van der Waals surface area (Å²) in [6.45, 7) is 2.26. The van der Waals surface area contributed by atoms with Crippen molar-refractivity contribution < 1.29 is 27.2 Å². The minimum absolute atomic E-state index is 0.217. The topological polar surface area (TPSA) is 65.2 Å². The van der Waals surface area contributed by atoms with Gasteiger partial charge in [0.15, 0.2) is 0 Å². The second-order valence-electron chi connectivity index (χ2n) is 4.36. The fourth-order valence-corrected chi connectivity index (χ4v) is 1.69. The van der Waals surface area contributed by atoms with Gasteiger partial charge in [-0.3, -0.25) is 4.79 Å². The van der Waals surface area contributed by atoms with E-state index in [9.17, 15) is 18.0 Å². The Balaban J connectivity index is 2.03. The van der Waals surface area contributed by atoms with E-state index in [0.29, 0.717) is 6.61 Å². The van der Waals surface area contributed by atoms with Crippen LogP contribution in [0.3, 0.4) is 0 Å². The molecule has 0 aromatic carbocycles. The Hall–Kier alpha value is -1.44. The highest BCUT2D eigenvalue weighted by molar-refractivity contribution is 5.85. The SMILES string of the molecule is CCOC(c1noc(CC(=O)C(F)(F)F)n1)C1CC1. The van der Waals surface area contributed by atoms with Crippen molar-refractivity contribution in [2.45, 2.75) is 38.5 Å². The zero-order valence-corrected chi connectivity index (χ0v) is 10.2. The van der Waals surface area contributed by atoms with E-state index in [1.54, 1.807) is 0 Å². The maximum Gasteiger partial charge on any atom is 0.450 e. The molecule has 1 aliphatic carbocycles. The zero-order valence-electron chi connectivity index (χ0n) is 10.2. The van der Waals surface area contributed by atoms with Gasteiger partial charge in [-0.25, -0.2) is 0 Å². The predicted octanol–water partition coefficient (Wildman–Crippen LogP) is 2.23. The molecule has 1 aromatic heterocycles. The third-order valence-electron chi connectivity index (χ3n) is 2.76. The van der Waals surface area contributed by atoms with Gasteiger partial charge in [0.25, 0.3) is 0 Å². The van der Waals surface area contributed by atoms with E-state index in [-0.39, 0.29) is 23.7 Å². The molecule has 1 unspecified atom stereocenters. The molecule has 2 rings (SSSR count). The maximum absolute atomic E-state index is 12.1. The van der Waals surface area contributed by atoms with Crippen LogP contribution in [0.5, 0.6) is 0 Å². The lowest BCUT2D eigenvalue weighted by Crippen LogP contribution is -2.24. The Morgan fingerprint density at radius 1 is 1.53 bits per heavy atom. The highest BCUT2D eigenvalue weighted by Crippen LogP contribution is 2.42. The number of Topliss-reactive ketones (excluding diaryl/α,β-unsaturated/α-hetero) is 1. The highest BCUT2D eigenvalue weighted by atomic mass is 19.4. The summed E-state index contributed by atoms with van der Waals surface area (Å²) in [7, 11) is 0. The molecule has 1 aliphatic rings. The Morgan fingerprint density at radius 3 is 2.74 bits per heavy atom. The quantitative estimate of drug-likeness (QED) is 0.798. The number of ether oxygens (including phenoxy) is 1. The molecule has 0 N–H and O–H groups in total. The van der Waals surface area contributed by atoms with Gasteiger partial charge in [0.05, 0.1) is 6.42 Å². The second-order valence-corrected chi connectivity index (χ2v) is 4.36. The molecular weight excluding hydrogens is 265 g/mol. The number of rotatable bonds is 6. The Morgan fingerprint density at radius 2 is 2.21 bits per heavy atom. The van der Waals surface area contributed by atoms with Crippen LogP contribution < -0.4 is 0 Å². The summed E-state index contributed by atoms with van der Waals surface area (Å²) >= 11 is 0. The van der Waals surface area contributed by atoms with Gasteiger partial charge in [0.2, 0.25) is 17.5 Å². The zero-order chi connectivity index (χ0) is 14.0. The van der Waals surface area contributed by atoms with E-state index in [1.807, 2.05) is 6.92 Å². The number of carbonyl (C=O) groups is 1. The standard InChI is InChI=1S/C11H13F3N2O3/c1-2-18-9(6-3-4-6)10-15-8(19-16-10)5-7(17)11(12,13)14/h6,9H,2-5H2,1H3. The van der Waals surface area contributed by atoms with Crippen LogP contribution in [-0.2, 0) is 16.0 Å². The number of carbonyl (C=O) groups excluding carboxylic acids is 1. The fraction of sp³-hybridized carbons (Fsp3) is 0.727. The van der Waals surface area contributed by atoms with Crippen molar-refractivity contribution >= 4 is 5.78 Å². The summed E-state index contributed by atoms with van der Waals surface area (Å²) < 4.78 is 46.4. The lowest BCUT2D eigenvalue weighted by Gasteiger charge is -2.10. The third-order valence-corrected chi connectivity index (χ3v) is 2.76. The molecule has 1 aromatic rings. The maximum atomic E-state index is 12.1. The van der Waals surface area contributed by atoms with E-state index in [4.69, 9.17) is 4.74 Å². The van der Waals surface area contributed by atoms with Crippen molar-refractivity contribution in [1.82, 2.24) is 10.1 Å². The van der Waals surface area contributed by atoms with Gasteiger partial charge in [-0.2, -0.15) is 18.2 Å². The Labute approximate surface area is 107 Å². The van der Waals surface area contributed by atoms with Gasteiger partial charge in [0.1, 0.15) is 6.10 Å². The highest BCUT2D eigenvalue weighted by Gasteiger charge is 2.40. The van der Waals surface area contributed by atoms with Crippen LogP contribution in [0.25, 0.3) is 0 Å². The molecule has 0 bridgehead atoms.